The predicted molar refractivity (Wildman–Crippen MR) is 90.5 cm³/mol. The van der Waals surface area contributed by atoms with Crippen molar-refractivity contribution in [3.8, 4) is 0 Å². The molecular weight excluding hydrogens is 344 g/mol. The Balaban J connectivity index is 1.51. The number of rotatable bonds is 8. The Bertz CT molecular complexity index is 911. The molecular formula is C16H18N4O6. The monoisotopic (exact) mass is 362 g/mol. The molecule has 1 fully saturated rings. The molecule has 1 heterocycles. The first kappa shape index (κ1) is 17.6. The summed E-state index contributed by atoms with van der Waals surface area (Å²) in [5, 5.41) is 16.1. The second kappa shape index (κ2) is 7.38. The first-order valence-corrected chi connectivity index (χ1v) is 8.28. The van der Waals surface area contributed by atoms with Gasteiger partial charge in [0.1, 0.15) is 0 Å². The summed E-state index contributed by atoms with van der Waals surface area (Å²) >= 11 is 0. The van der Waals surface area contributed by atoms with Crippen LogP contribution in [0.4, 0.5) is 5.69 Å². The number of carbonyl (C=O) groups excluding carboxylic acids is 2. The molecule has 0 unspecified atom stereocenters. The molecule has 26 heavy (non-hydrogen) atoms. The number of nitro benzene ring substituents is 1. The SMILES string of the molecule is O=C(CCCn1c(=O)oc2cc([N+](=O)[O-])ccc21)NCC(=O)NC1CC1. The molecule has 2 aromatic rings. The minimum Gasteiger partial charge on any atom is -0.407 e. The largest absolute Gasteiger partial charge is 0.419 e. The Morgan fingerprint density at radius 2 is 2.08 bits per heavy atom. The number of aromatic nitrogens is 1. The fourth-order valence-electron chi connectivity index (χ4n) is 2.55. The van der Waals surface area contributed by atoms with Gasteiger partial charge in [-0.2, -0.15) is 0 Å². The average molecular weight is 362 g/mol. The van der Waals surface area contributed by atoms with Crippen molar-refractivity contribution in [3.63, 3.8) is 0 Å². The Labute approximate surface area is 147 Å². The molecule has 1 aliphatic rings. The smallest absolute Gasteiger partial charge is 0.407 e. The maximum absolute atomic E-state index is 11.9. The van der Waals surface area contributed by atoms with E-state index < -0.39 is 10.7 Å². The van der Waals surface area contributed by atoms with Gasteiger partial charge in [0.25, 0.3) is 5.69 Å². The molecule has 2 amide bonds. The minimum absolute atomic E-state index is 0.0619. The highest BCUT2D eigenvalue weighted by molar-refractivity contribution is 5.84. The van der Waals surface area contributed by atoms with Crippen LogP contribution < -0.4 is 16.4 Å². The third-order valence-corrected chi connectivity index (χ3v) is 4.04. The number of nitro groups is 1. The van der Waals surface area contributed by atoms with Crippen LogP contribution >= 0.6 is 0 Å². The van der Waals surface area contributed by atoms with Crippen molar-refractivity contribution in [2.75, 3.05) is 6.54 Å². The van der Waals surface area contributed by atoms with E-state index in [-0.39, 0.29) is 48.6 Å². The summed E-state index contributed by atoms with van der Waals surface area (Å²) in [5.74, 6) is -1.13. The molecule has 0 radical (unpaired) electrons. The number of nitrogens with zero attached hydrogens (tertiary/aromatic N) is 2. The van der Waals surface area contributed by atoms with Gasteiger partial charge in [-0.05, 0) is 25.3 Å². The van der Waals surface area contributed by atoms with Crippen molar-refractivity contribution in [2.45, 2.75) is 38.3 Å². The van der Waals surface area contributed by atoms with E-state index in [1.165, 1.54) is 22.8 Å². The summed E-state index contributed by atoms with van der Waals surface area (Å²) in [6.07, 6.45) is 2.47. The number of nitrogens with one attached hydrogen (secondary N) is 2. The van der Waals surface area contributed by atoms with Crippen LogP contribution in [0.25, 0.3) is 11.1 Å². The van der Waals surface area contributed by atoms with Crippen molar-refractivity contribution >= 4 is 28.6 Å². The van der Waals surface area contributed by atoms with E-state index in [1.54, 1.807) is 0 Å². The molecule has 10 heteroatoms. The van der Waals surface area contributed by atoms with Crippen LogP contribution in [0.5, 0.6) is 0 Å². The van der Waals surface area contributed by atoms with E-state index in [0.29, 0.717) is 11.9 Å². The molecule has 2 N–H and O–H groups in total. The lowest BCUT2D eigenvalue weighted by molar-refractivity contribution is -0.384. The molecule has 0 spiro atoms. The third-order valence-electron chi connectivity index (χ3n) is 4.04. The highest BCUT2D eigenvalue weighted by atomic mass is 16.6. The number of oxazole rings is 1. The lowest BCUT2D eigenvalue weighted by Gasteiger charge is -2.06. The van der Waals surface area contributed by atoms with Gasteiger partial charge in [-0.25, -0.2) is 4.79 Å². The maximum Gasteiger partial charge on any atom is 0.419 e. The standard InChI is InChI=1S/C16H18N4O6/c21-14(17-9-15(22)18-10-3-4-10)2-1-7-19-12-6-5-11(20(24)25)8-13(12)26-16(19)23/h5-6,8,10H,1-4,7,9H2,(H,17,21)(H,18,22). The van der Waals surface area contributed by atoms with E-state index >= 15 is 0 Å². The van der Waals surface area contributed by atoms with Gasteiger partial charge < -0.3 is 15.1 Å². The van der Waals surface area contributed by atoms with E-state index in [1.807, 2.05) is 0 Å². The molecule has 1 saturated carbocycles. The summed E-state index contributed by atoms with van der Waals surface area (Å²) in [5.41, 5.74) is 0.400. The van der Waals surface area contributed by atoms with Crippen molar-refractivity contribution in [1.29, 1.82) is 0 Å². The molecule has 3 rings (SSSR count). The molecule has 0 atom stereocenters. The zero-order chi connectivity index (χ0) is 18.7. The van der Waals surface area contributed by atoms with Crippen molar-refractivity contribution in [1.82, 2.24) is 15.2 Å². The molecule has 1 aromatic carbocycles. The van der Waals surface area contributed by atoms with Gasteiger partial charge in [-0.15, -0.1) is 0 Å². The molecule has 10 nitrogen and oxygen atoms in total. The van der Waals surface area contributed by atoms with Gasteiger partial charge in [0.2, 0.25) is 11.8 Å². The quantitative estimate of drug-likeness (QED) is 0.523. The van der Waals surface area contributed by atoms with Crippen molar-refractivity contribution < 1.29 is 18.9 Å². The lowest BCUT2D eigenvalue weighted by Crippen LogP contribution is -2.37. The highest BCUT2D eigenvalue weighted by Gasteiger charge is 2.23. The normalized spacial score (nSPS) is 13.5. The second-order valence-electron chi connectivity index (χ2n) is 6.15. The lowest BCUT2D eigenvalue weighted by atomic mass is 10.2. The van der Waals surface area contributed by atoms with Crippen LogP contribution in [-0.4, -0.2) is 33.9 Å². The topological polar surface area (TPSA) is 136 Å². The summed E-state index contributed by atoms with van der Waals surface area (Å²) in [6.45, 7) is 0.166. The summed E-state index contributed by atoms with van der Waals surface area (Å²) in [7, 11) is 0. The van der Waals surface area contributed by atoms with Gasteiger partial charge in [0, 0.05) is 25.1 Å². The first-order chi connectivity index (χ1) is 12.4. The molecule has 0 saturated heterocycles. The summed E-state index contributed by atoms with van der Waals surface area (Å²) in [6, 6.07) is 4.18. The Kier molecular flexibility index (Phi) is 5.01. The molecule has 1 aliphatic carbocycles. The van der Waals surface area contributed by atoms with Gasteiger partial charge in [0.15, 0.2) is 5.58 Å². The van der Waals surface area contributed by atoms with Crippen LogP contribution in [0.15, 0.2) is 27.4 Å². The van der Waals surface area contributed by atoms with Crippen LogP contribution in [0.2, 0.25) is 0 Å². The van der Waals surface area contributed by atoms with Gasteiger partial charge in [-0.1, -0.05) is 0 Å². The number of amides is 2. The second-order valence-corrected chi connectivity index (χ2v) is 6.15. The zero-order valence-electron chi connectivity index (χ0n) is 13.9. The van der Waals surface area contributed by atoms with Gasteiger partial charge >= 0.3 is 5.76 Å². The molecule has 1 aromatic heterocycles. The Hall–Kier alpha value is -3.17. The van der Waals surface area contributed by atoms with Crippen LogP contribution in [-0.2, 0) is 16.1 Å². The van der Waals surface area contributed by atoms with E-state index in [2.05, 4.69) is 10.6 Å². The number of aryl methyl sites for hydroxylation is 1. The molecule has 0 bridgehead atoms. The summed E-state index contributed by atoms with van der Waals surface area (Å²) < 4.78 is 6.34. The number of carbonyl (C=O) groups is 2. The Morgan fingerprint density at radius 3 is 2.77 bits per heavy atom. The van der Waals surface area contributed by atoms with Crippen molar-refractivity contribution in [2.24, 2.45) is 0 Å². The number of benzene rings is 1. The number of fused-ring (bicyclic) bond motifs is 1. The fraction of sp³-hybridized carbons (Fsp3) is 0.438. The van der Waals surface area contributed by atoms with E-state index in [4.69, 9.17) is 4.42 Å². The average Bonchev–Trinajstić information content (AvgIpc) is 3.35. The highest BCUT2D eigenvalue weighted by Crippen LogP contribution is 2.20. The van der Waals surface area contributed by atoms with E-state index in [0.717, 1.165) is 12.8 Å². The summed E-state index contributed by atoms with van der Waals surface area (Å²) in [4.78, 5) is 45.3. The maximum atomic E-state index is 11.9. The zero-order valence-corrected chi connectivity index (χ0v) is 13.9. The number of hydrogen-bond acceptors (Lipinski definition) is 6. The first-order valence-electron chi connectivity index (χ1n) is 8.28. The van der Waals surface area contributed by atoms with Crippen LogP contribution in [0.3, 0.4) is 0 Å². The van der Waals surface area contributed by atoms with Crippen molar-refractivity contribution in [3.05, 3.63) is 38.9 Å². The van der Waals surface area contributed by atoms with Gasteiger partial charge in [-0.3, -0.25) is 24.3 Å². The third kappa shape index (κ3) is 4.26. The number of hydrogen-bond donors (Lipinski definition) is 2. The predicted octanol–water partition coefficient (Wildman–Crippen LogP) is 0.678. The number of non-ortho nitro benzene ring substituents is 1. The fourth-order valence-corrected chi connectivity index (χ4v) is 2.55. The van der Waals surface area contributed by atoms with Crippen LogP contribution in [0, 0.1) is 10.1 Å². The van der Waals surface area contributed by atoms with Gasteiger partial charge in [0.05, 0.1) is 23.1 Å². The Morgan fingerprint density at radius 1 is 1.31 bits per heavy atom. The molecule has 0 aliphatic heterocycles. The molecule has 138 valence electrons. The minimum atomic E-state index is -0.635. The van der Waals surface area contributed by atoms with E-state index in [9.17, 15) is 24.5 Å². The van der Waals surface area contributed by atoms with Crippen LogP contribution in [0.1, 0.15) is 25.7 Å².